The quantitative estimate of drug-likeness (QED) is 0.578. The summed E-state index contributed by atoms with van der Waals surface area (Å²) in [6.07, 6.45) is 0.0660. The third-order valence-electron chi connectivity index (χ3n) is 3.40. The van der Waals surface area contributed by atoms with E-state index in [1.54, 1.807) is 13.8 Å². The monoisotopic (exact) mass is 228 g/mol. The number of piperazine rings is 1. The smallest absolute Gasteiger partial charge is 0.408 e. The van der Waals surface area contributed by atoms with E-state index in [-0.39, 0.29) is 11.9 Å². The summed E-state index contributed by atoms with van der Waals surface area (Å²) in [5.41, 5.74) is -1.12. The largest absolute Gasteiger partial charge is 0.465 e. The maximum Gasteiger partial charge on any atom is 0.408 e. The van der Waals surface area contributed by atoms with Gasteiger partial charge in [-0.2, -0.15) is 0 Å². The van der Waals surface area contributed by atoms with E-state index in [0.717, 1.165) is 0 Å². The molecule has 2 fully saturated rings. The highest BCUT2D eigenvalue weighted by Crippen LogP contribution is 2.34. The van der Waals surface area contributed by atoms with Crippen LogP contribution in [0.3, 0.4) is 0 Å². The lowest BCUT2D eigenvalue weighted by Gasteiger charge is -2.43. The number of amides is 2. The maximum atomic E-state index is 11.7. The predicted molar refractivity (Wildman–Crippen MR) is 54.9 cm³/mol. The number of hydrogen-bond donors (Lipinski definition) is 3. The highest BCUT2D eigenvalue weighted by molar-refractivity contribution is 5.88. The summed E-state index contributed by atoms with van der Waals surface area (Å²) < 4.78 is 0. The van der Waals surface area contributed by atoms with Gasteiger partial charge in [-0.3, -0.25) is 9.69 Å². The first kappa shape index (κ1) is 11.2. The zero-order valence-corrected chi connectivity index (χ0v) is 9.30. The van der Waals surface area contributed by atoms with Crippen molar-refractivity contribution in [3.8, 4) is 0 Å². The highest BCUT2D eigenvalue weighted by atomic mass is 16.4. The molecular formula is C10H16N2O4. The fourth-order valence-electron chi connectivity index (χ4n) is 2.69. The number of carboxylic acid groups (broad SMARTS) is 1. The van der Waals surface area contributed by atoms with Gasteiger partial charge in [-0.05, 0) is 26.7 Å². The lowest BCUT2D eigenvalue weighted by atomic mass is 9.90. The van der Waals surface area contributed by atoms with Crippen LogP contribution in [-0.4, -0.2) is 50.8 Å². The minimum Gasteiger partial charge on any atom is -0.465 e. The normalized spacial score (nSPS) is 33.8. The van der Waals surface area contributed by atoms with Gasteiger partial charge in [0, 0.05) is 0 Å². The number of hydrogen-bond acceptors (Lipinski definition) is 3. The first-order valence-electron chi connectivity index (χ1n) is 5.36. The number of carbonyl (C=O) groups excluding carboxylic acids is 1. The summed E-state index contributed by atoms with van der Waals surface area (Å²) >= 11 is 0. The summed E-state index contributed by atoms with van der Waals surface area (Å²) in [4.78, 5) is 24.0. The van der Waals surface area contributed by atoms with Gasteiger partial charge in [-0.15, -0.1) is 0 Å². The second kappa shape index (κ2) is 3.35. The molecule has 0 saturated carbocycles. The molecule has 2 rings (SSSR count). The summed E-state index contributed by atoms with van der Waals surface area (Å²) in [6.45, 7) is 3.16. The molecule has 0 unspecified atom stereocenters. The van der Waals surface area contributed by atoms with Gasteiger partial charge in [0.2, 0.25) is 5.91 Å². The van der Waals surface area contributed by atoms with Gasteiger partial charge in [0.15, 0.2) is 0 Å². The summed E-state index contributed by atoms with van der Waals surface area (Å²) in [7, 11) is 0. The van der Waals surface area contributed by atoms with Crippen molar-refractivity contribution in [3.63, 3.8) is 0 Å². The van der Waals surface area contributed by atoms with Crippen molar-refractivity contribution >= 4 is 12.0 Å². The van der Waals surface area contributed by atoms with Crippen LogP contribution >= 0.6 is 0 Å². The molecule has 6 heteroatoms. The number of rotatable bonds is 1. The van der Waals surface area contributed by atoms with E-state index in [9.17, 15) is 14.7 Å². The van der Waals surface area contributed by atoms with E-state index in [1.807, 2.05) is 0 Å². The van der Waals surface area contributed by atoms with Crippen LogP contribution < -0.4 is 5.32 Å². The second-order valence-corrected chi connectivity index (χ2v) is 4.99. The van der Waals surface area contributed by atoms with Crippen molar-refractivity contribution < 1.29 is 19.8 Å². The molecule has 2 bridgehead atoms. The maximum absolute atomic E-state index is 11.7. The first-order valence-corrected chi connectivity index (χ1v) is 5.36. The molecule has 0 aromatic carbocycles. The summed E-state index contributed by atoms with van der Waals surface area (Å²) in [5.74, 6) is -0.303. The number of nitrogens with one attached hydrogen (secondary N) is 1. The van der Waals surface area contributed by atoms with E-state index in [4.69, 9.17) is 5.11 Å². The van der Waals surface area contributed by atoms with Crippen LogP contribution in [-0.2, 0) is 4.79 Å². The molecule has 2 aliphatic heterocycles. The molecule has 0 aromatic rings. The SMILES string of the molecule is CC(C)(O)[C@H]1NC(=O)[C@@H]2CC[C@H]1N2C(=O)O. The number of fused-ring (bicyclic) bond motifs is 2. The first-order chi connectivity index (χ1) is 7.32. The van der Waals surface area contributed by atoms with E-state index in [1.165, 1.54) is 4.90 Å². The minimum absolute atomic E-state index is 0.303. The molecule has 90 valence electrons. The van der Waals surface area contributed by atoms with Gasteiger partial charge >= 0.3 is 6.09 Å². The van der Waals surface area contributed by atoms with Crippen LogP contribution in [0.4, 0.5) is 4.79 Å². The van der Waals surface area contributed by atoms with Gasteiger partial charge in [-0.1, -0.05) is 0 Å². The Kier molecular flexibility index (Phi) is 2.34. The van der Waals surface area contributed by atoms with Crippen molar-refractivity contribution in [1.29, 1.82) is 0 Å². The molecule has 16 heavy (non-hydrogen) atoms. The molecular weight excluding hydrogens is 212 g/mol. The fraction of sp³-hybridized carbons (Fsp3) is 0.800. The molecule has 2 saturated heterocycles. The van der Waals surface area contributed by atoms with Crippen molar-refractivity contribution in [2.75, 3.05) is 0 Å². The minimum atomic E-state index is -1.12. The molecule has 6 nitrogen and oxygen atoms in total. The van der Waals surface area contributed by atoms with Gasteiger partial charge in [-0.25, -0.2) is 4.79 Å². The van der Waals surface area contributed by atoms with Crippen LogP contribution in [0.15, 0.2) is 0 Å². The average molecular weight is 228 g/mol. The van der Waals surface area contributed by atoms with Crippen LogP contribution in [0, 0.1) is 0 Å². The van der Waals surface area contributed by atoms with E-state index in [0.29, 0.717) is 12.8 Å². The molecule has 3 atom stereocenters. The lowest BCUT2D eigenvalue weighted by molar-refractivity contribution is -0.133. The second-order valence-electron chi connectivity index (χ2n) is 4.99. The zero-order valence-electron chi connectivity index (χ0n) is 9.30. The number of nitrogens with zero attached hydrogens (tertiary/aromatic N) is 1. The van der Waals surface area contributed by atoms with Crippen LogP contribution in [0.1, 0.15) is 26.7 Å². The Morgan fingerprint density at radius 3 is 2.62 bits per heavy atom. The van der Waals surface area contributed by atoms with Crippen molar-refractivity contribution in [3.05, 3.63) is 0 Å². The van der Waals surface area contributed by atoms with Gasteiger partial charge in [0.25, 0.3) is 0 Å². The molecule has 2 heterocycles. The van der Waals surface area contributed by atoms with Crippen molar-refractivity contribution in [1.82, 2.24) is 10.2 Å². The molecule has 0 aromatic heterocycles. The highest BCUT2D eigenvalue weighted by Gasteiger charge is 2.53. The Balaban J connectivity index is 2.32. The van der Waals surface area contributed by atoms with Gasteiger partial charge < -0.3 is 15.5 Å². The zero-order chi connectivity index (χ0) is 12.1. The Labute approximate surface area is 93.2 Å². The third-order valence-corrected chi connectivity index (χ3v) is 3.40. The Hall–Kier alpha value is -1.30. The molecule has 0 spiro atoms. The van der Waals surface area contributed by atoms with Crippen molar-refractivity contribution in [2.45, 2.75) is 50.4 Å². The molecule has 3 N–H and O–H groups in total. The standard InChI is InChI=1S/C10H16N2O4/c1-10(2,16)7-5-3-4-6(8(13)11-7)12(5)9(14)15/h5-7,16H,3-4H2,1-2H3,(H,11,13)(H,14,15)/t5-,6+,7+/m1/s1. The van der Waals surface area contributed by atoms with Crippen LogP contribution in [0.25, 0.3) is 0 Å². The van der Waals surface area contributed by atoms with E-state index < -0.39 is 23.8 Å². The van der Waals surface area contributed by atoms with E-state index in [2.05, 4.69) is 5.32 Å². The molecule has 0 radical (unpaired) electrons. The molecule has 2 amide bonds. The topological polar surface area (TPSA) is 89.9 Å². The number of carbonyl (C=O) groups is 2. The van der Waals surface area contributed by atoms with E-state index >= 15 is 0 Å². The Bertz CT molecular complexity index is 336. The Morgan fingerprint density at radius 2 is 2.12 bits per heavy atom. The number of aliphatic hydroxyl groups is 1. The summed E-state index contributed by atoms with van der Waals surface area (Å²) in [6, 6.07) is -1.43. The van der Waals surface area contributed by atoms with Gasteiger partial charge in [0.1, 0.15) is 6.04 Å². The van der Waals surface area contributed by atoms with Crippen molar-refractivity contribution in [2.24, 2.45) is 0 Å². The molecule has 0 aliphatic carbocycles. The summed E-state index contributed by atoms with van der Waals surface area (Å²) in [5, 5.41) is 21.7. The lowest BCUT2D eigenvalue weighted by Crippen LogP contribution is -2.67. The fourth-order valence-corrected chi connectivity index (χ4v) is 2.69. The third kappa shape index (κ3) is 1.53. The van der Waals surface area contributed by atoms with Gasteiger partial charge in [0.05, 0.1) is 17.7 Å². The predicted octanol–water partition coefficient (Wildman–Crippen LogP) is -0.233. The average Bonchev–Trinajstić information content (AvgIpc) is 2.48. The van der Waals surface area contributed by atoms with Crippen LogP contribution in [0.2, 0.25) is 0 Å². The molecule has 2 aliphatic rings. The van der Waals surface area contributed by atoms with Crippen LogP contribution in [0.5, 0.6) is 0 Å². The Morgan fingerprint density at radius 1 is 1.50 bits per heavy atom.